The van der Waals surface area contributed by atoms with Gasteiger partial charge in [0.15, 0.2) is 0 Å². The van der Waals surface area contributed by atoms with Crippen LogP contribution in [0, 0.1) is 10.1 Å². The van der Waals surface area contributed by atoms with E-state index in [4.69, 9.17) is 0 Å². The highest BCUT2D eigenvalue weighted by atomic mass is 16.6. The number of non-ortho nitro benzene ring substituents is 1. The Bertz CT molecular complexity index is 968. The number of carbonyl (C=O) groups is 1. The largest absolute Gasteiger partial charge is 0.321 e. The quantitative estimate of drug-likeness (QED) is 0.584. The first-order chi connectivity index (χ1) is 11.6. The highest BCUT2D eigenvalue weighted by Crippen LogP contribution is 2.35. The van der Waals surface area contributed by atoms with Crippen LogP contribution in [0.2, 0.25) is 0 Å². The monoisotopic (exact) mass is 318 g/mol. The standard InChI is InChI=1S/C19H14N2O3/c22-19(14-6-9-15(10-7-14)21(23)24)20-17-11-8-13-5-4-12-2-1-3-16(17)18(12)13/h1-3,6-11H,4-5H2,(H,20,22). The average Bonchev–Trinajstić information content (AvgIpc) is 3.02. The van der Waals surface area contributed by atoms with E-state index in [1.54, 1.807) is 0 Å². The summed E-state index contributed by atoms with van der Waals surface area (Å²) in [6.45, 7) is 0. The van der Waals surface area contributed by atoms with Gasteiger partial charge in [-0.1, -0.05) is 24.3 Å². The molecule has 24 heavy (non-hydrogen) atoms. The van der Waals surface area contributed by atoms with Gasteiger partial charge in [0.1, 0.15) is 0 Å². The van der Waals surface area contributed by atoms with Crippen molar-refractivity contribution in [1.29, 1.82) is 0 Å². The van der Waals surface area contributed by atoms with Gasteiger partial charge in [0.2, 0.25) is 0 Å². The molecule has 1 aliphatic carbocycles. The summed E-state index contributed by atoms with van der Waals surface area (Å²) in [5.74, 6) is -0.274. The highest BCUT2D eigenvalue weighted by Gasteiger charge is 2.17. The van der Waals surface area contributed by atoms with Gasteiger partial charge in [-0.15, -0.1) is 0 Å². The van der Waals surface area contributed by atoms with Crippen LogP contribution in [0.25, 0.3) is 10.8 Å². The molecule has 1 aliphatic rings. The minimum atomic E-state index is -0.481. The Kier molecular flexibility index (Phi) is 3.27. The molecule has 1 amide bonds. The van der Waals surface area contributed by atoms with Gasteiger partial charge in [0.25, 0.3) is 11.6 Å². The first-order valence-electron chi connectivity index (χ1n) is 7.73. The Morgan fingerprint density at radius 2 is 1.67 bits per heavy atom. The normalized spacial score (nSPS) is 12.3. The molecule has 0 fully saturated rings. The Hall–Kier alpha value is -3.21. The van der Waals surface area contributed by atoms with Gasteiger partial charge in [-0.3, -0.25) is 14.9 Å². The van der Waals surface area contributed by atoms with E-state index in [9.17, 15) is 14.9 Å². The molecule has 0 spiro atoms. The third kappa shape index (κ3) is 2.31. The van der Waals surface area contributed by atoms with Crippen molar-refractivity contribution in [2.24, 2.45) is 0 Å². The highest BCUT2D eigenvalue weighted by molar-refractivity contribution is 6.10. The number of nitrogens with zero attached hydrogens (tertiary/aromatic N) is 1. The fraction of sp³-hybridized carbons (Fsp3) is 0.105. The summed E-state index contributed by atoms with van der Waals surface area (Å²) >= 11 is 0. The van der Waals surface area contributed by atoms with E-state index in [1.165, 1.54) is 40.8 Å². The van der Waals surface area contributed by atoms with Crippen molar-refractivity contribution in [2.75, 3.05) is 5.32 Å². The van der Waals surface area contributed by atoms with Crippen LogP contribution in [-0.4, -0.2) is 10.8 Å². The Balaban J connectivity index is 1.67. The van der Waals surface area contributed by atoms with Gasteiger partial charge in [0.05, 0.1) is 4.92 Å². The van der Waals surface area contributed by atoms with Crippen LogP contribution < -0.4 is 5.32 Å². The van der Waals surface area contributed by atoms with Crippen molar-refractivity contribution in [1.82, 2.24) is 0 Å². The molecular formula is C19H14N2O3. The van der Waals surface area contributed by atoms with E-state index in [0.29, 0.717) is 5.56 Å². The number of hydrogen-bond acceptors (Lipinski definition) is 3. The fourth-order valence-corrected chi connectivity index (χ4v) is 3.28. The van der Waals surface area contributed by atoms with Gasteiger partial charge < -0.3 is 5.32 Å². The Labute approximate surface area is 138 Å². The maximum Gasteiger partial charge on any atom is 0.269 e. The van der Waals surface area contributed by atoms with E-state index >= 15 is 0 Å². The van der Waals surface area contributed by atoms with Crippen LogP contribution in [0.15, 0.2) is 54.6 Å². The zero-order valence-corrected chi connectivity index (χ0v) is 12.8. The van der Waals surface area contributed by atoms with Crippen LogP contribution >= 0.6 is 0 Å². The van der Waals surface area contributed by atoms with E-state index in [1.807, 2.05) is 18.2 Å². The number of nitro groups is 1. The summed E-state index contributed by atoms with van der Waals surface area (Å²) < 4.78 is 0. The maximum atomic E-state index is 12.4. The molecule has 0 atom stereocenters. The number of anilines is 1. The SMILES string of the molecule is O=C(Nc1ccc2c3c(cccc13)CC2)c1ccc([N+](=O)[O-])cc1. The fourth-order valence-electron chi connectivity index (χ4n) is 3.28. The molecule has 0 aliphatic heterocycles. The predicted molar refractivity (Wildman–Crippen MR) is 92.4 cm³/mol. The molecule has 0 unspecified atom stereocenters. The van der Waals surface area contributed by atoms with Gasteiger partial charge in [-0.05, 0) is 47.6 Å². The third-order valence-corrected chi connectivity index (χ3v) is 4.47. The van der Waals surface area contributed by atoms with Crippen LogP contribution in [0.1, 0.15) is 21.5 Å². The number of aryl methyl sites for hydroxylation is 2. The Morgan fingerprint density at radius 1 is 0.958 bits per heavy atom. The molecule has 0 saturated carbocycles. The summed E-state index contributed by atoms with van der Waals surface area (Å²) in [4.78, 5) is 22.7. The van der Waals surface area contributed by atoms with Crippen LogP contribution in [-0.2, 0) is 12.8 Å². The lowest BCUT2D eigenvalue weighted by Gasteiger charge is -2.10. The maximum absolute atomic E-state index is 12.4. The smallest absolute Gasteiger partial charge is 0.269 e. The summed E-state index contributed by atoms with van der Waals surface area (Å²) in [6.07, 6.45) is 2.07. The second kappa shape index (κ2) is 5.45. The minimum absolute atomic E-state index is 0.0307. The van der Waals surface area contributed by atoms with E-state index in [-0.39, 0.29) is 11.6 Å². The van der Waals surface area contributed by atoms with Gasteiger partial charge in [-0.25, -0.2) is 0 Å². The first-order valence-corrected chi connectivity index (χ1v) is 7.73. The lowest BCUT2D eigenvalue weighted by molar-refractivity contribution is -0.384. The van der Waals surface area contributed by atoms with Crippen LogP contribution in [0.4, 0.5) is 11.4 Å². The lowest BCUT2D eigenvalue weighted by Crippen LogP contribution is -2.12. The molecule has 0 bridgehead atoms. The molecular weight excluding hydrogens is 304 g/mol. The molecule has 0 saturated heterocycles. The first kappa shape index (κ1) is 14.4. The summed E-state index contributed by atoms with van der Waals surface area (Å²) in [5.41, 5.74) is 3.75. The lowest BCUT2D eigenvalue weighted by atomic mass is 10.0. The second-order valence-electron chi connectivity index (χ2n) is 5.87. The molecule has 0 aromatic heterocycles. The summed E-state index contributed by atoms with van der Waals surface area (Å²) in [5, 5.41) is 15.9. The molecule has 3 aromatic carbocycles. The number of amides is 1. The number of nitrogens with one attached hydrogen (secondary N) is 1. The number of rotatable bonds is 3. The number of hydrogen-bond donors (Lipinski definition) is 1. The molecule has 0 radical (unpaired) electrons. The molecule has 118 valence electrons. The van der Waals surface area contributed by atoms with Gasteiger partial charge in [-0.2, -0.15) is 0 Å². The summed E-state index contributed by atoms with van der Waals surface area (Å²) in [7, 11) is 0. The van der Waals surface area contributed by atoms with E-state index < -0.39 is 4.92 Å². The Morgan fingerprint density at radius 3 is 2.38 bits per heavy atom. The molecule has 1 N–H and O–H groups in total. The van der Waals surface area contributed by atoms with Crippen LogP contribution in [0.3, 0.4) is 0 Å². The van der Waals surface area contributed by atoms with Gasteiger partial charge in [0, 0.05) is 28.8 Å². The average molecular weight is 318 g/mol. The van der Waals surface area contributed by atoms with Crippen molar-refractivity contribution in [3.8, 4) is 0 Å². The van der Waals surface area contributed by atoms with E-state index in [0.717, 1.165) is 23.9 Å². The summed E-state index contributed by atoms with van der Waals surface area (Å²) in [6, 6.07) is 15.7. The third-order valence-electron chi connectivity index (χ3n) is 4.47. The topological polar surface area (TPSA) is 72.2 Å². The number of benzene rings is 3. The number of carbonyl (C=O) groups excluding carboxylic acids is 1. The van der Waals surface area contributed by atoms with Crippen molar-refractivity contribution < 1.29 is 9.72 Å². The molecule has 5 heteroatoms. The van der Waals surface area contributed by atoms with E-state index in [2.05, 4.69) is 17.4 Å². The van der Waals surface area contributed by atoms with Crippen molar-refractivity contribution in [2.45, 2.75) is 12.8 Å². The zero-order chi connectivity index (χ0) is 16.7. The predicted octanol–water partition coefficient (Wildman–Crippen LogP) is 4.10. The number of nitro benzene ring substituents is 1. The van der Waals surface area contributed by atoms with Crippen molar-refractivity contribution >= 4 is 28.1 Å². The molecule has 4 rings (SSSR count). The minimum Gasteiger partial charge on any atom is -0.321 e. The second-order valence-corrected chi connectivity index (χ2v) is 5.87. The van der Waals surface area contributed by atoms with Crippen LogP contribution in [0.5, 0.6) is 0 Å². The molecule has 0 heterocycles. The van der Waals surface area contributed by atoms with Gasteiger partial charge >= 0.3 is 0 Å². The molecule has 3 aromatic rings. The van der Waals surface area contributed by atoms with Crippen molar-refractivity contribution in [3.63, 3.8) is 0 Å². The van der Waals surface area contributed by atoms with Crippen molar-refractivity contribution in [3.05, 3.63) is 81.4 Å². The molecule has 5 nitrogen and oxygen atoms in total. The zero-order valence-electron chi connectivity index (χ0n) is 12.8.